The fourth-order valence-electron chi connectivity index (χ4n) is 2.42. The summed E-state index contributed by atoms with van der Waals surface area (Å²) in [6.45, 7) is 0.192. The predicted molar refractivity (Wildman–Crippen MR) is 78.8 cm³/mol. The Balaban J connectivity index is 0.00000180. The molecule has 106 valence electrons. The molecule has 4 nitrogen and oxygen atoms in total. The highest BCUT2D eigenvalue weighted by molar-refractivity contribution is 5.95. The van der Waals surface area contributed by atoms with E-state index in [0.29, 0.717) is 0 Å². The number of benzene rings is 1. The lowest BCUT2D eigenvalue weighted by atomic mass is 9.90. The van der Waals surface area contributed by atoms with Crippen LogP contribution in [-0.2, 0) is 22.4 Å². The molecule has 0 fully saturated rings. The van der Waals surface area contributed by atoms with E-state index in [0.717, 1.165) is 18.5 Å². The van der Waals surface area contributed by atoms with Gasteiger partial charge >= 0.3 is 0 Å². The van der Waals surface area contributed by atoms with Gasteiger partial charge in [-0.3, -0.25) is 4.79 Å². The van der Waals surface area contributed by atoms with E-state index in [1.165, 1.54) is 31.1 Å². The Kier molecular flexibility index (Phi) is 6.28. The van der Waals surface area contributed by atoms with Crippen molar-refractivity contribution < 1.29 is 9.53 Å². The van der Waals surface area contributed by atoms with Crippen LogP contribution in [0.4, 0.5) is 5.69 Å². The number of halogens is 1. The summed E-state index contributed by atoms with van der Waals surface area (Å²) in [6.07, 6.45) is 3.97. The second-order valence-electron chi connectivity index (χ2n) is 4.60. The highest BCUT2D eigenvalue weighted by Gasteiger charge is 2.19. The summed E-state index contributed by atoms with van der Waals surface area (Å²) in [5, 5.41) is 2.93. The van der Waals surface area contributed by atoms with Crippen molar-refractivity contribution in [3.8, 4) is 0 Å². The lowest BCUT2D eigenvalue weighted by Crippen LogP contribution is -2.36. The summed E-state index contributed by atoms with van der Waals surface area (Å²) in [5.41, 5.74) is 9.02. The van der Waals surface area contributed by atoms with Gasteiger partial charge in [0.15, 0.2) is 0 Å². The number of nitrogens with two attached hydrogens (primary N) is 1. The number of methoxy groups -OCH3 is 1. The highest BCUT2D eigenvalue weighted by atomic mass is 35.5. The summed E-state index contributed by atoms with van der Waals surface area (Å²) >= 11 is 0. The van der Waals surface area contributed by atoms with E-state index < -0.39 is 6.10 Å². The van der Waals surface area contributed by atoms with E-state index in [1.54, 1.807) is 0 Å². The predicted octanol–water partition coefficient (Wildman–Crippen LogP) is 1.90. The van der Waals surface area contributed by atoms with Crippen LogP contribution in [0.2, 0.25) is 0 Å². The highest BCUT2D eigenvalue weighted by Crippen LogP contribution is 2.27. The van der Waals surface area contributed by atoms with Crippen molar-refractivity contribution in [2.45, 2.75) is 31.8 Å². The summed E-state index contributed by atoms with van der Waals surface area (Å²) in [6, 6.07) is 6.08. The summed E-state index contributed by atoms with van der Waals surface area (Å²) in [5.74, 6) is -0.168. The Morgan fingerprint density at radius 1 is 1.42 bits per heavy atom. The van der Waals surface area contributed by atoms with E-state index in [9.17, 15) is 4.79 Å². The maximum atomic E-state index is 11.9. The Hall–Kier alpha value is -1.10. The van der Waals surface area contributed by atoms with Crippen molar-refractivity contribution in [3.63, 3.8) is 0 Å². The Labute approximate surface area is 120 Å². The Morgan fingerprint density at radius 2 is 2.16 bits per heavy atom. The third-order valence-corrected chi connectivity index (χ3v) is 3.44. The van der Waals surface area contributed by atoms with Gasteiger partial charge in [0, 0.05) is 19.3 Å². The molecule has 0 aliphatic heterocycles. The van der Waals surface area contributed by atoms with Crippen molar-refractivity contribution in [1.29, 1.82) is 0 Å². The minimum Gasteiger partial charge on any atom is -0.370 e. The molecule has 1 aliphatic carbocycles. The Bertz CT molecular complexity index is 433. The van der Waals surface area contributed by atoms with E-state index in [2.05, 4.69) is 11.4 Å². The number of carbonyl (C=O) groups is 1. The van der Waals surface area contributed by atoms with Crippen LogP contribution in [0.5, 0.6) is 0 Å². The first-order valence-corrected chi connectivity index (χ1v) is 6.40. The van der Waals surface area contributed by atoms with Crippen LogP contribution in [0.15, 0.2) is 18.2 Å². The van der Waals surface area contributed by atoms with Gasteiger partial charge in [-0.05, 0) is 42.9 Å². The van der Waals surface area contributed by atoms with Crippen molar-refractivity contribution in [2.24, 2.45) is 5.73 Å². The van der Waals surface area contributed by atoms with Crippen LogP contribution in [-0.4, -0.2) is 25.7 Å². The molecule has 19 heavy (non-hydrogen) atoms. The van der Waals surface area contributed by atoms with Gasteiger partial charge in [-0.1, -0.05) is 12.1 Å². The van der Waals surface area contributed by atoms with Gasteiger partial charge in [0.25, 0.3) is 5.91 Å². The summed E-state index contributed by atoms with van der Waals surface area (Å²) in [7, 11) is 1.50. The lowest BCUT2D eigenvalue weighted by Gasteiger charge is -2.21. The van der Waals surface area contributed by atoms with Crippen molar-refractivity contribution in [3.05, 3.63) is 29.3 Å². The first kappa shape index (κ1) is 16.0. The van der Waals surface area contributed by atoms with Crippen LogP contribution in [0.1, 0.15) is 24.0 Å². The molecule has 0 saturated heterocycles. The molecule has 3 N–H and O–H groups in total. The van der Waals surface area contributed by atoms with Crippen LogP contribution in [0.25, 0.3) is 0 Å². The molecule has 1 aliphatic rings. The van der Waals surface area contributed by atoms with Gasteiger partial charge in [-0.2, -0.15) is 0 Å². The minimum atomic E-state index is -0.579. The topological polar surface area (TPSA) is 64.3 Å². The summed E-state index contributed by atoms with van der Waals surface area (Å²) in [4.78, 5) is 11.9. The molecule has 0 saturated carbocycles. The molecule has 2 rings (SSSR count). The molecule has 1 aromatic rings. The molecule has 1 unspecified atom stereocenters. The van der Waals surface area contributed by atoms with E-state index in [4.69, 9.17) is 10.5 Å². The molecule has 0 bridgehead atoms. The average Bonchev–Trinajstić information content (AvgIpc) is 2.40. The van der Waals surface area contributed by atoms with Gasteiger partial charge in [0.05, 0.1) is 0 Å². The normalized spacial score (nSPS) is 15.1. The van der Waals surface area contributed by atoms with Gasteiger partial charge in [0.2, 0.25) is 0 Å². The van der Waals surface area contributed by atoms with Crippen molar-refractivity contribution >= 4 is 24.0 Å². The maximum Gasteiger partial charge on any atom is 0.254 e. The molecule has 5 heteroatoms. The number of aryl methyl sites for hydroxylation is 1. The zero-order valence-electron chi connectivity index (χ0n) is 11.1. The van der Waals surface area contributed by atoms with E-state index in [-0.39, 0.29) is 24.9 Å². The number of hydrogen-bond donors (Lipinski definition) is 2. The maximum absolute atomic E-state index is 11.9. The molecule has 0 spiro atoms. The first-order valence-electron chi connectivity index (χ1n) is 6.40. The van der Waals surface area contributed by atoms with Crippen molar-refractivity contribution in [1.82, 2.24) is 0 Å². The van der Waals surface area contributed by atoms with Crippen LogP contribution >= 0.6 is 12.4 Å². The number of anilines is 1. The van der Waals surface area contributed by atoms with Crippen LogP contribution < -0.4 is 11.1 Å². The molecule has 1 atom stereocenters. The Morgan fingerprint density at radius 3 is 2.84 bits per heavy atom. The number of amides is 1. The SMILES string of the molecule is COC(CN)C(=O)Nc1cccc2c1CCCC2.Cl. The number of rotatable bonds is 4. The van der Waals surface area contributed by atoms with Gasteiger partial charge in [0.1, 0.15) is 6.10 Å². The largest absolute Gasteiger partial charge is 0.370 e. The second-order valence-corrected chi connectivity index (χ2v) is 4.60. The monoisotopic (exact) mass is 284 g/mol. The zero-order valence-corrected chi connectivity index (χ0v) is 12.0. The minimum absolute atomic E-state index is 0. The second kappa shape index (κ2) is 7.48. The number of nitrogens with one attached hydrogen (secondary N) is 1. The quantitative estimate of drug-likeness (QED) is 0.887. The van der Waals surface area contributed by atoms with Crippen LogP contribution in [0.3, 0.4) is 0 Å². The smallest absolute Gasteiger partial charge is 0.254 e. The molecular formula is C14H21ClN2O2. The van der Waals surface area contributed by atoms with Gasteiger partial charge < -0.3 is 15.8 Å². The lowest BCUT2D eigenvalue weighted by molar-refractivity contribution is -0.125. The van der Waals surface area contributed by atoms with Crippen LogP contribution in [0, 0.1) is 0 Å². The molecule has 0 radical (unpaired) electrons. The third-order valence-electron chi connectivity index (χ3n) is 3.44. The molecule has 0 aromatic heterocycles. The fraction of sp³-hybridized carbons (Fsp3) is 0.500. The number of carbonyl (C=O) groups excluding carboxylic acids is 1. The van der Waals surface area contributed by atoms with Gasteiger partial charge in [-0.15, -0.1) is 12.4 Å². The average molecular weight is 285 g/mol. The van der Waals surface area contributed by atoms with Gasteiger partial charge in [-0.25, -0.2) is 0 Å². The molecular weight excluding hydrogens is 264 g/mol. The molecule has 0 heterocycles. The van der Waals surface area contributed by atoms with E-state index >= 15 is 0 Å². The molecule has 1 aromatic carbocycles. The molecule has 1 amide bonds. The fourth-order valence-corrected chi connectivity index (χ4v) is 2.42. The van der Waals surface area contributed by atoms with E-state index in [1.807, 2.05) is 12.1 Å². The van der Waals surface area contributed by atoms with Crippen molar-refractivity contribution in [2.75, 3.05) is 19.0 Å². The number of ether oxygens (including phenoxy) is 1. The standard InChI is InChI=1S/C14H20N2O2.ClH/c1-18-13(9-15)14(17)16-12-8-4-6-10-5-2-3-7-11(10)12;/h4,6,8,13H,2-3,5,7,9,15H2,1H3,(H,16,17);1H. The third kappa shape index (κ3) is 3.69. The first-order chi connectivity index (χ1) is 8.76. The number of hydrogen-bond acceptors (Lipinski definition) is 3. The summed E-state index contributed by atoms with van der Waals surface area (Å²) < 4.78 is 5.04. The number of fused-ring (bicyclic) bond motifs is 1. The zero-order chi connectivity index (χ0) is 13.0.